The molecule has 5 heteroatoms. The van der Waals surface area contributed by atoms with Crippen LogP contribution in [0.3, 0.4) is 0 Å². The standard InChI is InChI=1S/C15H21N3O2/c1-4-9-16-13(15(19)20-3)10-18-11(2)17-12-7-5-6-8-14(12)18/h5-8,13,16H,4,9-10H2,1-3H3. The molecule has 108 valence electrons. The first-order valence-electron chi connectivity index (χ1n) is 6.90. The van der Waals surface area contributed by atoms with Gasteiger partial charge in [0.2, 0.25) is 0 Å². The lowest BCUT2D eigenvalue weighted by Gasteiger charge is -2.18. The van der Waals surface area contributed by atoms with E-state index in [2.05, 4.69) is 21.8 Å². The van der Waals surface area contributed by atoms with Crippen molar-refractivity contribution in [3.8, 4) is 0 Å². The highest BCUT2D eigenvalue weighted by molar-refractivity contribution is 5.78. The smallest absolute Gasteiger partial charge is 0.324 e. The predicted octanol–water partition coefficient (Wildman–Crippen LogP) is 1.89. The van der Waals surface area contributed by atoms with Gasteiger partial charge in [-0.05, 0) is 32.0 Å². The molecule has 0 spiro atoms. The van der Waals surface area contributed by atoms with E-state index >= 15 is 0 Å². The summed E-state index contributed by atoms with van der Waals surface area (Å²) in [5.74, 6) is 0.661. The molecule has 0 saturated carbocycles. The first-order chi connectivity index (χ1) is 9.67. The van der Waals surface area contributed by atoms with Crippen LogP contribution in [0.2, 0.25) is 0 Å². The minimum Gasteiger partial charge on any atom is -0.468 e. The Hall–Kier alpha value is -1.88. The second-order valence-corrected chi connectivity index (χ2v) is 4.79. The van der Waals surface area contributed by atoms with Crippen molar-refractivity contribution in [1.29, 1.82) is 0 Å². The number of esters is 1. The van der Waals surface area contributed by atoms with Crippen LogP contribution in [0, 0.1) is 6.92 Å². The summed E-state index contributed by atoms with van der Waals surface area (Å²) < 4.78 is 6.93. The van der Waals surface area contributed by atoms with Crippen LogP contribution in [0.15, 0.2) is 24.3 Å². The maximum absolute atomic E-state index is 11.9. The van der Waals surface area contributed by atoms with E-state index in [0.29, 0.717) is 6.54 Å². The SMILES string of the molecule is CCCNC(Cn1c(C)nc2ccccc21)C(=O)OC. The zero-order valence-corrected chi connectivity index (χ0v) is 12.2. The summed E-state index contributed by atoms with van der Waals surface area (Å²) in [6.07, 6.45) is 0.969. The van der Waals surface area contributed by atoms with Crippen LogP contribution in [0.1, 0.15) is 19.2 Å². The monoisotopic (exact) mass is 275 g/mol. The second-order valence-electron chi connectivity index (χ2n) is 4.79. The van der Waals surface area contributed by atoms with E-state index in [9.17, 15) is 4.79 Å². The van der Waals surface area contributed by atoms with Crippen LogP contribution in [0.4, 0.5) is 0 Å². The summed E-state index contributed by atoms with van der Waals surface area (Å²) in [5, 5.41) is 3.23. The number of imidazole rings is 1. The van der Waals surface area contributed by atoms with Gasteiger partial charge in [0, 0.05) is 0 Å². The number of hydrogen-bond donors (Lipinski definition) is 1. The van der Waals surface area contributed by atoms with E-state index in [1.54, 1.807) is 0 Å². The quantitative estimate of drug-likeness (QED) is 0.818. The van der Waals surface area contributed by atoms with E-state index in [-0.39, 0.29) is 12.0 Å². The molecular weight excluding hydrogens is 254 g/mol. The molecule has 0 amide bonds. The predicted molar refractivity (Wildman–Crippen MR) is 78.6 cm³/mol. The average molecular weight is 275 g/mol. The number of aromatic nitrogens is 2. The van der Waals surface area contributed by atoms with Gasteiger partial charge >= 0.3 is 5.97 Å². The summed E-state index contributed by atoms with van der Waals surface area (Å²) >= 11 is 0. The van der Waals surface area contributed by atoms with Crippen molar-refractivity contribution in [1.82, 2.24) is 14.9 Å². The van der Waals surface area contributed by atoms with Gasteiger partial charge in [0.25, 0.3) is 0 Å². The van der Waals surface area contributed by atoms with Crippen molar-refractivity contribution < 1.29 is 9.53 Å². The van der Waals surface area contributed by atoms with Crippen LogP contribution in [-0.2, 0) is 16.1 Å². The Morgan fingerprint density at radius 2 is 2.20 bits per heavy atom. The Bertz CT molecular complexity index is 592. The minimum absolute atomic E-state index is 0.240. The zero-order chi connectivity index (χ0) is 14.5. The number of fused-ring (bicyclic) bond motifs is 1. The number of benzene rings is 1. The van der Waals surface area contributed by atoms with E-state index in [4.69, 9.17) is 4.74 Å². The van der Waals surface area contributed by atoms with Gasteiger partial charge in [0.05, 0.1) is 24.7 Å². The molecule has 1 atom stereocenters. The molecule has 1 aromatic heterocycles. The van der Waals surface area contributed by atoms with Crippen molar-refractivity contribution in [2.75, 3.05) is 13.7 Å². The molecule has 1 aromatic carbocycles. The van der Waals surface area contributed by atoms with Gasteiger partial charge in [-0.3, -0.25) is 4.79 Å². The molecule has 0 aliphatic rings. The van der Waals surface area contributed by atoms with Gasteiger partial charge in [-0.25, -0.2) is 4.98 Å². The topological polar surface area (TPSA) is 56.2 Å². The molecule has 2 aromatic rings. The maximum atomic E-state index is 11.9. The lowest BCUT2D eigenvalue weighted by molar-refractivity contribution is -0.143. The summed E-state index contributed by atoms with van der Waals surface area (Å²) in [6, 6.07) is 7.59. The number of para-hydroxylation sites is 2. The third-order valence-corrected chi connectivity index (χ3v) is 3.34. The highest BCUT2D eigenvalue weighted by Gasteiger charge is 2.20. The van der Waals surface area contributed by atoms with Gasteiger partial charge in [-0.1, -0.05) is 19.1 Å². The molecule has 0 fully saturated rings. The number of ether oxygens (including phenoxy) is 1. The molecule has 5 nitrogen and oxygen atoms in total. The molecule has 20 heavy (non-hydrogen) atoms. The number of rotatable bonds is 6. The normalized spacial score (nSPS) is 12.6. The molecule has 2 rings (SSSR count). The van der Waals surface area contributed by atoms with Crippen molar-refractivity contribution in [2.45, 2.75) is 32.9 Å². The molecule has 1 heterocycles. The largest absolute Gasteiger partial charge is 0.468 e. The fourth-order valence-corrected chi connectivity index (χ4v) is 2.29. The number of nitrogens with one attached hydrogen (secondary N) is 1. The third-order valence-electron chi connectivity index (χ3n) is 3.34. The van der Waals surface area contributed by atoms with Crippen LogP contribution in [0.25, 0.3) is 11.0 Å². The summed E-state index contributed by atoms with van der Waals surface area (Å²) in [5.41, 5.74) is 1.99. The van der Waals surface area contributed by atoms with Crippen LogP contribution in [-0.4, -0.2) is 35.2 Å². The lowest BCUT2D eigenvalue weighted by atomic mass is 10.2. The molecule has 1 unspecified atom stereocenters. The lowest BCUT2D eigenvalue weighted by Crippen LogP contribution is -2.41. The Morgan fingerprint density at radius 3 is 2.90 bits per heavy atom. The van der Waals surface area contributed by atoms with Gasteiger partial charge < -0.3 is 14.6 Å². The number of carbonyl (C=O) groups is 1. The van der Waals surface area contributed by atoms with E-state index < -0.39 is 0 Å². The van der Waals surface area contributed by atoms with Crippen LogP contribution < -0.4 is 5.32 Å². The van der Waals surface area contributed by atoms with E-state index in [0.717, 1.165) is 29.8 Å². The van der Waals surface area contributed by atoms with Gasteiger partial charge in [-0.15, -0.1) is 0 Å². The fraction of sp³-hybridized carbons (Fsp3) is 0.467. The number of carbonyl (C=O) groups excluding carboxylic acids is 1. The first kappa shape index (κ1) is 14.5. The zero-order valence-electron chi connectivity index (χ0n) is 12.2. The van der Waals surface area contributed by atoms with Crippen LogP contribution >= 0.6 is 0 Å². The maximum Gasteiger partial charge on any atom is 0.324 e. The first-order valence-corrected chi connectivity index (χ1v) is 6.90. The highest BCUT2D eigenvalue weighted by Crippen LogP contribution is 2.16. The third kappa shape index (κ3) is 2.99. The Balaban J connectivity index is 2.27. The number of methoxy groups -OCH3 is 1. The van der Waals surface area contributed by atoms with Crippen molar-refractivity contribution in [3.05, 3.63) is 30.1 Å². The Kier molecular flexibility index (Phi) is 4.74. The van der Waals surface area contributed by atoms with Gasteiger partial charge in [-0.2, -0.15) is 0 Å². The summed E-state index contributed by atoms with van der Waals surface area (Å²) in [4.78, 5) is 16.4. The van der Waals surface area contributed by atoms with Crippen molar-refractivity contribution in [3.63, 3.8) is 0 Å². The minimum atomic E-state index is -0.351. The van der Waals surface area contributed by atoms with Gasteiger partial charge in [0.15, 0.2) is 0 Å². The molecule has 0 saturated heterocycles. The fourth-order valence-electron chi connectivity index (χ4n) is 2.29. The number of nitrogens with zero attached hydrogens (tertiary/aromatic N) is 2. The molecule has 0 aliphatic carbocycles. The number of hydrogen-bond acceptors (Lipinski definition) is 4. The average Bonchev–Trinajstić information content (AvgIpc) is 2.78. The van der Waals surface area contributed by atoms with Crippen molar-refractivity contribution in [2.24, 2.45) is 0 Å². The molecule has 0 bridgehead atoms. The molecule has 1 N–H and O–H groups in total. The van der Waals surface area contributed by atoms with Crippen LogP contribution in [0.5, 0.6) is 0 Å². The van der Waals surface area contributed by atoms with Crippen molar-refractivity contribution >= 4 is 17.0 Å². The van der Waals surface area contributed by atoms with Gasteiger partial charge in [0.1, 0.15) is 11.9 Å². The van der Waals surface area contributed by atoms with E-state index in [1.807, 2.05) is 31.2 Å². The summed E-state index contributed by atoms with van der Waals surface area (Å²) in [6.45, 7) is 5.33. The number of aryl methyl sites for hydroxylation is 1. The molecule has 0 radical (unpaired) electrons. The molecular formula is C15H21N3O2. The highest BCUT2D eigenvalue weighted by atomic mass is 16.5. The second kappa shape index (κ2) is 6.52. The Morgan fingerprint density at radius 1 is 1.45 bits per heavy atom. The Labute approximate surface area is 118 Å². The van der Waals surface area contributed by atoms with E-state index in [1.165, 1.54) is 7.11 Å². The summed E-state index contributed by atoms with van der Waals surface area (Å²) in [7, 11) is 1.42. The molecule has 0 aliphatic heterocycles.